The third-order valence-electron chi connectivity index (χ3n) is 3.82. The van der Waals surface area contributed by atoms with Crippen LogP contribution in [-0.2, 0) is 22.3 Å². The first-order chi connectivity index (χ1) is 12.6. The zero-order chi connectivity index (χ0) is 18.5. The molecular weight excluding hydrogens is 352 g/mol. The van der Waals surface area contributed by atoms with E-state index in [-0.39, 0.29) is 12.2 Å². The number of hydrogen-bond donors (Lipinski definition) is 0. The number of rotatable bonds is 6. The number of fused-ring (bicyclic) bond motifs is 1. The molecule has 0 fully saturated rings. The lowest BCUT2D eigenvalue weighted by Gasteiger charge is -2.09. The average molecular weight is 370 g/mol. The van der Waals surface area contributed by atoms with E-state index in [0.717, 1.165) is 5.56 Å². The summed E-state index contributed by atoms with van der Waals surface area (Å²) in [7, 11) is 3.05. The van der Waals surface area contributed by atoms with Crippen LogP contribution in [0.2, 0.25) is 0 Å². The average Bonchev–Trinajstić information content (AvgIpc) is 2.68. The van der Waals surface area contributed by atoms with Crippen LogP contribution in [0.4, 0.5) is 0 Å². The standard InChI is InChI=1S/C19H18N2O4S/c1-21-18(23)15-5-3-4-6-16(15)20-19(21)26-12-13-7-9-14(10-8-13)25-11-17(22)24-2/h3-10H,11-12H2,1-2H3. The first kappa shape index (κ1) is 18.0. The molecule has 0 saturated carbocycles. The lowest BCUT2D eigenvalue weighted by atomic mass is 10.2. The predicted molar refractivity (Wildman–Crippen MR) is 100 cm³/mol. The molecule has 1 heterocycles. The van der Waals surface area contributed by atoms with Crippen molar-refractivity contribution in [1.29, 1.82) is 0 Å². The van der Waals surface area contributed by atoms with Crippen molar-refractivity contribution in [2.24, 2.45) is 7.05 Å². The van der Waals surface area contributed by atoms with E-state index in [4.69, 9.17) is 4.74 Å². The summed E-state index contributed by atoms with van der Waals surface area (Å²) >= 11 is 1.49. The van der Waals surface area contributed by atoms with Gasteiger partial charge in [0.1, 0.15) is 5.75 Å². The molecule has 0 spiro atoms. The lowest BCUT2D eigenvalue weighted by Crippen LogP contribution is -2.19. The summed E-state index contributed by atoms with van der Waals surface area (Å²) in [6.07, 6.45) is 0. The van der Waals surface area contributed by atoms with Crippen molar-refractivity contribution in [1.82, 2.24) is 9.55 Å². The second-order valence-electron chi connectivity index (χ2n) is 5.57. The van der Waals surface area contributed by atoms with E-state index in [1.165, 1.54) is 18.9 Å². The number of benzene rings is 2. The second-order valence-corrected chi connectivity index (χ2v) is 6.52. The van der Waals surface area contributed by atoms with Gasteiger partial charge in [0.25, 0.3) is 5.56 Å². The Morgan fingerprint density at radius 2 is 1.88 bits per heavy atom. The Labute approximate surface area is 154 Å². The van der Waals surface area contributed by atoms with E-state index in [0.29, 0.717) is 27.6 Å². The number of esters is 1. The van der Waals surface area contributed by atoms with Gasteiger partial charge >= 0.3 is 5.97 Å². The molecule has 0 aliphatic carbocycles. The third-order valence-corrected chi connectivity index (χ3v) is 4.92. The minimum atomic E-state index is -0.423. The van der Waals surface area contributed by atoms with Crippen LogP contribution in [0.25, 0.3) is 10.9 Å². The minimum absolute atomic E-state index is 0.0512. The quantitative estimate of drug-likeness (QED) is 0.377. The van der Waals surface area contributed by atoms with Gasteiger partial charge < -0.3 is 9.47 Å². The van der Waals surface area contributed by atoms with Gasteiger partial charge in [0, 0.05) is 12.8 Å². The third kappa shape index (κ3) is 4.05. The van der Waals surface area contributed by atoms with Gasteiger partial charge in [-0.1, -0.05) is 36.0 Å². The first-order valence-electron chi connectivity index (χ1n) is 7.95. The minimum Gasteiger partial charge on any atom is -0.482 e. The molecule has 0 bridgehead atoms. The highest BCUT2D eigenvalue weighted by Gasteiger charge is 2.09. The fourth-order valence-corrected chi connectivity index (χ4v) is 3.29. The van der Waals surface area contributed by atoms with Crippen LogP contribution in [-0.4, -0.2) is 29.2 Å². The molecule has 0 aliphatic rings. The molecule has 0 N–H and O–H groups in total. The van der Waals surface area contributed by atoms with Crippen molar-refractivity contribution in [3.63, 3.8) is 0 Å². The number of thioether (sulfide) groups is 1. The summed E-state index contributed by atoms with van der Waals surface area (Å²) in [6, 6.07) is 14.8. The van der Waals surface area contributed by atoms with E-state index >= 15 is 0 Å². The van der Waals surface area contributed by atoms with Gasteiger partial charge in [0.15, 0.2) is 11.8 Å². The van der Waals surface area contributed by atoms with Gasteiger partial charge in [0.05, 0.1) is 18.0 Å². The largest absolute Gasteiger partial charge is 0.482 e. The summed E-state index contributed by atoms with van der Waals surface area (Å²) in [5.41, 5.74) is 1.71. The Kier molecular flexibility index (Phi) is 5.58. The molecule has 2 aromatic carbocycles. The molecule has 0 unspecified atom stereocenters. The van der Waals surface area contributed by atoms with E-state index in [9.17, 15) is 9.59 Å². The predicted octanol–water partition coefficient (Wildman–Crippen LogP) is 2.78. The summed E-state index contributed by atoms with van der Waals surface area (Å²) in [5.74, 6) is 0.837. The summed E-state index contributed by atoms with van der Waals surface area (Å²) in [6.45, 7) is -0.117. The Hall–Kier alpha value is -2.80. The molecular formula is C19H18N2O4S. The molecule has 1 aromatic heterocycles. The first-order valence-corrected chi connectivity index (χ1v) is 8.94. The normalized spacial score (nSPS) is 10.7. The van der Waals surface area contributed by atoms with Crippen molar-refractivity contribution >= 4 is 28.6 Å². The second kappa shape index (κ2) is 8.05. The van der Waals surface area contributed by atoms with E-state index in [1.807, 2.05) is 30.3 Å². The SMILES string of the molecule is COC(=O)COc1ccc(CSc2nc3ccccc3c(=O)n2C)cc1. The Bertz CT molecular complexity index is 983. The van der Waals surface area contributed by atoms with Gasteiger partial charge in [-0.3, -0.25) is 9.36 Å². The summed E-state index contributed by atoms with van der Waals surface area (Å²) in [4.78, 5) is 28.1. The highest BCUT2D eigenvalue weighted by atomic mass is 32.2. The van der Waals surface area contributed by atoms with E-state index < -0.39 is 5.97 Å². The maximum atomic E-state index is 12.4. The fraction of sp³-hybridized carbons (Fsp3) is 0.211. The van der Waals surface area contributed by atoms with Gasteiger partial charge in [-0.2, -0.15) is 0 Å². The Morgan fingerprint density at radius 3 is 2.62 bits per heavy atom. The number of hydrogen-bond acceptors (Lipinski definition) is 6. The van der Waals surface area contributed by atoms with Crippen LogP contribution in [0.15, 0.2) is 58.5 Å². The van der Waals surface area contributed by atoms with Crippen molar-refractivity contribution in [3.05, 3.63) is 64.4 Å². The highest BCUT2D eigenvalue weighted by molar-refractivity contribution is 7.98. The van der Waals surface area contributed by atoms with Gasteiger partial charge in [-0.15, -0.1) is 0 Å². The fourth-order valence-electron chi connectivity index (χ4n) is 2.36. The zero-order valence-electron chi connectivity index (χ0n) is 14.5. The van der Waals surface area contributed by atoms with Crippen LogP contribution in [0.1, 0.15) is 5.56 Å². The molecule has 134 valence electrons. The van der Waals surface area contributed by atoms with Crippen molar-refractivity contribution < 1.29 is 14.3 Å². The van der Waals surface area contributed by atoms with Crippen molar-refractivity contribution in [3.8, 4) is 5.75 Å². The highest BCUT2D eigenvalue weighted by Crippen LogP contribution is 2.23. The monoisotopic (exact) mass is 370 g/mol. The van der Waals surface area contributed by atoms with Crippen LogP contribution >= 0.6 is 11.8 Å². The van der Waals surface area contributed by atoms with E-state index in [1.54, 1.807) is 29.8 Å². The zero-order valence-corrected chi connectivity index (χ0v) is 15.3. The van der Waals surface area contributed by atoms with Gasteiger partial charge in [0.2, 0.25) is 0 Å². The maximum absolute atomic E-state index is 12.4. The number of para-hydroxylation sites is 1. The Balaban J connectivity index is 1.69. The summed E-state index contributed by atoms with van der Waals surface area (Å²) < 4.78 is 11.4. The smallest absolute Gasteiger partial charge is 0.343 e. The lowest BCUT2D eigenvalue weighted by molar-refractivity contribution is -0.142. The molecule has 6 nitrogen and oxygen atoms in total. The molecule has 0 radical (unpaired) electrons. The number of carbonyl (C=O) groups is 1. The van der Waals surface area contributed by atoms with Crippen molar-refractivity contribution in [2.75, 3.05) is 13.7 Å². The van der Waals surface area contributed by atoms with Crippen LogP contribution in [0, 0.1) is 0 Å². The maximum Gasteiger partial charge on any atom is 0.343 e. The van der Waals surface area contributed by atoms with Crippen molar-refractivity contribution in [2.45, 2.75) is 10.9 Å². The summed E-state index contributed by atoms with van der Waals surface area (Å²) in [5, 5.41) is 1.28. The van der Waals surface area contributed by atoms with Crippen LogP contribution in [0.5, 0.6) is 5.75 Å². The molecule has 0 amide bonds. The molecule has 3 rings (SSSR count). The number of aromatic nitrogens is 2. The van der Waals surface area contributed by atoms with Gasteiger partial charge in [-0.05, 0) is 29.8 Å². The number of ether oxygens (including phenoxy) is 2. The molecule has 26 heavy (non-hydrogen) atoms. The van der Waals surface area contributed by atoms with E-state index in [2.05, 4.69) is 9.72 Å². The molecule has 7 heteroatoms. The Morgan fingerprint density at radius 1 is 1.15 bits per heavy atom. The van der Waals surface area contributed by atoms with Crippen LogP contribution < -0.4 is 10.3 Å². The molecule has 0 atom stereocenters. The van der Waals surface area contributed by atoms with Crippen LogP contribution in [0.3, 0.4) is 0 Å². The van der Waals surface area contributed by atoms with Gasteiger partial charge in [-0.25, -0.2) is 9.78 Å². The number of methoxy groups -OCH3 is 1. The molecule has 0 saturated heterocycles. The number of carbonyl (C=O) groups excluding carboxylic acids is 1. The topological polar surface area (TPSA) is 70.4 Å². The number of nitrogens with zero attached hydrogens (tertiary/aromatic N) is 2. The molecule has 0 aliphatic heterocycles. The molecule has 3 aromatic rings.